The third-order valence-electron chi connectivity index (χ3n) is 3.96. The van der Waals surface area contributed by atoms with Gasteiger partial charge in [-0.1, -0.05) is 18.2 Å². The van der Waals surface area contributed by atoms with Crippen LogP contribution >= 0.6 is 0 Å². The first-order valence-electron chi connectivity index (χ1n) is 7.99. The van der Waals surface area contributed by atoms with Crippen molar-refractivity contribution in [1.82, 2.24) is 4.98 Å². The second kappa shape index (κ2) is 7.24. The standard InChI is InChI=1S/C18H16N4O5/c1-10-4-3-5-11(2)17(10)27-9-15(23)20-21-16-13-8-12(22(25)26)6-7-14(13)19-18(16)24/h3-8,19,24H,9H2,1-2H3. The summed E-state index contributed by atoms with van der Waals surface area (Å²) in [7, 11) is 0. The van der Waals surface area contributed by atoms with E-state index in [0.717, 1.165) is 11.1 Å². The average Bonchev–Trinajstić information content (AvgIpc) is 2.93. The molecule has 1 heterocycles. The summed E-state index contributed by atoms with van der Waals surface area (Å²) in [6, 6.07) is 9.60. The number of H-pyrrole nitrogens is 1. The summed E-state index contributed by atoms with van der Waals surface area (Å²) in [5, 5.41) is 28.4. The molecule has 1 amide bonds. The highest BCUT2D eigenvalue weighted by Gasteiger charge is 2.15. The fraction of sp³-hybridized carbons (Fsp3) is 0.167. The quantitative estimate of drug-likeness (QED) is 0.398. The van der Waals surface area contributed by atoms with Gasteiger partial charge in [0.1, 0.15) is 5.75 Å². The number of amides is 1. The second-order valence-electron chi connectivity index (χ2n) is 5.91. The highest BCUT2D eigenvalue weighted by molar-refractivity contribution is 5.95. The van der Waals surface area contributed by atoms with Gasteiger partial charge in [-0.2, -0.15) is 0 Å². The number of nitrogens with one attached hydrogen (secondary N) is 1. The van der Waals surface area contributed by atoms with E-state index in [2.05, 4.69) is 15.2 Å². The van der Waals surface area contributed by atoms with Gasteiger partial charge < -0.3 is 14.8 Å². The van der Waals surface area contributed by atoms with Crippen LogP contribution in [0.3, 0.4) is 0 Å². The molecule has 0 spiro atoms. The number of rotatable bonds is 5. The summed E-state index contributed by atoms with van der Waals surface area (Å²) < 4.78 is 5.50. The molecule has 2 N–H and O–H groups in total. The van der Waals surface area contributed by atoms with Crippen LogP contribution in [-0.2, 0) is 4.79 Å². The first-order valence-corrected chi connectivity index (χ1v) is 7.99. The minimum Gasteiger partial charge on any atom is -0.493 e. The van der Waals surface area contributed by atoms with Crippen molar-refractivity contribution < 1.29 is 19.6 Å². The lowest BCUT2D eigenvalue weighted by Gasteiger charge is -2.09. The number of nitro benzene ring substituents is 1. The first kappa shape index (κ1) is 18.1. The van der Waals surface area contributed by atoms with E-state index >= 15 is 0 Å². The van der Waals surface area contributed by atoms with Gasteiger partial charge >= 0.3 is 5.91 Å². The van der Waals surface area contributed by atoms with Crippen LogP contribution in [0.4, 0.5) is 11.4 Å². The first-order chi connectivity index (χ1) is 12.9. The number of aryl methyl sites for hydroxylation is 2. The Morgan fingerprint density at radius 2 is 1.96 bits per heavy atom. The Bertz CT molecular complexity index is 1050. The maximum Gasteiger partial charge on any atom is 0.302 e. The number of nitrogens with zero attached hydrogens (tertiary/aromatic N) is 3. The zero-order valence-electron chi connectivity index (χ0n) is 14.6. The number of carbonyl (C=O) groups is 1. The number of benzene rings is 2. The number of nitro groups is 1. The monoisotopic (exact) mass is 368 g/mol. The van der Waals surface area contributed by atoms with Gasteiger partial charge in [0.05, 0.1) is 10.4 Å². The smallest absolute Gasteiger partial charge is 0.302 e. The van der Waals surface area contributed by atoms with Gasteiger partial charge in [-0.25, -0.2) is 0 Å². The lowest BCUT2D eigenvalue weighted by Crippen LogP contribution is -2.09. The van der Waals surface area contributed by atoms with E-state index in [9.17, 15) is 20.0 Å². The molecule has 0 aliphatic heterocycles. The Morgan fingerprint density at radius 1 is 1.26 bits per heavy atom. The molecule has 27 heavy (non-hydrogen) atoms. The normalized spacial score (nSPS) is 11.2. The molecule has 9 heteroatoms. The van der Waals surface area contributed by atoms with E-state index in [1.807, 2.05) is 32.0 Å². The number of hydrogen-bond acceptors (Lipinski definition) is 6. The molecule has 1 aromatic heterocycles. The van der Waals surface area contributed by atoms with Crippen LogP contribution in [0.5, 0.6) is 11.6 Å². The third kappa shape index (κ3) is 3.76. The molecule has 9 nitrogen and oxygen atoms in total. The van der Waals surface area contributed by atoms with Crippen LogP contribution in [-0.4, -0.2) is 27.5 Å². The molecular formula is C18H16N4O5. The minimum absolute atomic E-state index is 0.0471. The zero-order valence-corrected chi connectivity index (χ0v) is 14.6. The molecule has 3 rings (SSSR count). The lowest BCUT2D eigenvalue weighted by molar-refractivity contribution is -0.384. The molecule has 2 aromatic carbocycles. The molecular weight excluding hydrogens is 352 g/mol. The molecule has 0 aliphatic carbocycles. The van der Waals surface area contributed by atoms with E-state index in [1.54, 1.807) is 0 Å². The fourth-order valence-electron chi connectivity index (χ4n) is 2.66. The van der Waals surface area contributed by atoms with Crippen molar-refractivity contribution in [2.45, 2.75) is 13.8 Å². The van der Waals surface area contributed by atoms with Crippen molar-refractivity contribution >= 4 is 28.2 Å². The Balaban J connectivity index is 1.79. The maximum atomic E-state index is 12.0. The highest BCUT2D eigenvalue weighted by atomic mass is 16.6. The van der Waals surface area contributed by atoms with Gasteiger partial charge in [0, 0.05) is 17.5 Å². The number of aromatic hydroxyl groups is 1. The van der Waals surface area contributed by atoms with Crippen molar-refractivity contribution in [1.29, 1.82) is 0 Å². The van der Waals surface area contributed by atoms with Crippen molar-refractivity contribution in [3.8, 4) is 11.6 Å². The molecule has 3 aromatic rings. The maximum absolute atomic E-state index is 12.0. The summed E-state index contributed by atoms with van der Waals surface area (Å²) in [5.74, 6) is -0.388. The number of non-ortho nitro benzene ring substituents is 1. The summed E-state index contributed by atoms with van der Waals surface area (Å²) in [6.45, 7) is 3.41. The predicted octanol–water partition coefficient (Wildman–Crippen LogP) is 4.09. The van der Waals surface area contributed by atoms with Crippen LogP contribution in [0.1, 0.15) is 11.1 Å². The minimum atomic E-state index is -0.656. The molecule has 0 aliphatic rings. The Morgan fingerprint density at radius 3 is 2.63 bits per heavy atom. The van der Waals surface area contributed by atoms with Crippen LogP contribution in [0.25, 0.3) is 10.9 Å². The molecule has 0 fully saturated rings. The molecule has 0 saturated carbocycles. The van der Waals surface area contributed by atoms with E-state index in [4.69, 9.17) is 4.74 Å². The molecule has 0 unspecified atom stereocenters. The lowest BCUT2D eigenvalue weighted by atomic mass is 10.1. The van der Waals surface area contributed by atoms with Gasteiger partial charge in [0.2, 0.25) is 5.88 Å². The van der Waals surface area contributed by atoms with Gasteiger partial charge in [0.25, 0.3) is 5.69 Å². The molecule has 0 radical (unpaired) electrons. The topological polar surface area (TPSA) is 130 Å². The van der Waals surface area contributed by atoms with E-state index in [-0.39, 0.29) is 29.2 Å². The van der Waals surface area contributed by atoms with E-state index in [0.29, 0.717) is 11.3 Å². The van der Waals surface area contributed by atoms with Crippen LogP contribution in [0.15, 0.2) is 46.6 Å². The molecule has 0 atom stereocenters. The second-order valence-corrected chi connectivity index (χ2v) is 5.91. The van der Waals surface area contributed by atoms with Crippen molar-refractivity contribution in [3.63, 3.8) is 0 Å². The molecule has 0 saturated heterocycles. The predicted molar refractivity (Wildman–Crippen MR) is 97.6 cm³/mol. The Hall–Kier alpha value is -3.75. The van der Waals surface area contributed by atoms with Crippen LogP contribution < -0.4 is 4.74 Å². The number of fused-ring (bicyclic) bond motifs is 1. The fourth-order valence-corrected chi connectivity index (χ4v) is 2.66. The number of aromatic amines is 1. The van der Waals surface area contributed by atoms with Gasteiger partial charge in [-0.05, 0) is 31.0 Å². The zero-order chi connectivity index (χ0) is 19.6. The largest absolute Gasteiger partial charge is 0.493 e. The van der Waals surface area contributed by atoms with Gasteiger partial charge in [0.15, 0.2) is 12.3 Å². The summed E-state index contributed by atoms with van der Waals surface area (Å²) in [6.07, 6.45) is 0. The Labute approximate surface area is 153 Å². The van der Waals surface area contributed by atoms with Gasteiger partial charge in [-0.3, -0.25) is 14.9 Å². The SMILES string of the molecule is Cc1cccc(C)c1OCC(=O)N=Nc1c(O)[nH]c2ccc([N+](=O)[O-])cc12. The van der Waals surface area contributed by atoms with Crippen molar-refractivity contribution in [2.75, 3.05) is 6.61 Å². The number of para-hydroxylation sites is 1. The van der Waals surface area contributed by atoms with E-state index in [1.165, 1.54) is 18.2 Å². The average molecular weight is 368 g/mol. The number of ether oxygens (including phenoxy) is 1. The summed E-state index contributed by atoms with van der Waals surface area (Å²) in [4.78, 5) is 24.9. The van der Waals surface area contributed by atoms with Crippen molar-refractivity contribution in [2.24, 2.45) is 10.2 Å². The van der Waals surface area contributed by atoms with Crippen LogP contribution in [0.2, 0.25) is 0 Å². The number of azo groups is 1. The number of hydrogen-bond donors (Lipinski definition) is 2. The number of carbonyl (C=O) groups excluding carboxylic acids is 1. The molecule has 0 bridgehead atoms. The van der Waals surface area contributed by atoms with Crippen LogP contribution in [0, 0.1) is 24.0 Å². The van der Waals surface area contributed by atoms with E-state index < -0.39 is 10.8 Å². The summed E-state index contributed by atoms with van der Waals surface area (Å²) in [5.41, 5.74) is 2.01. The van der Waals surface area contributed by atoms with Crippen molar-refractivity contribution in [3.05, 3.63) is 57.6 Å². The Kier molecular flexibility index (Phi) is 4.84. The summed E-state index contributed by atoms with van der Waals surface area (Å²) >= 11 is 0. The third-order valence-corrected chi connectivity index (χ3v) is 3.96. The molecule has 138 valence electrons. The highest BCUT2D eigenvalue weighted by Crippen LogP contribution is 2.37. The van der Waals surface area contributed by atoms with Gasteiger partial charge in [-0.15, -0.1) is 10.2 Å². The number of aromatic nitrogens is 1.